The number of carboxylic acid groups (broad SMARTS) is 1. The molecule has 20 heavy (non-hydrogen) atoms. The Morgan fingerprint density at radius 2 is 1.90 bits per heavy atom. The van der Waals surface area contributed by atoms with Crippen LogP contribution in [0.15, 0.2) is 47.1 Å². The molecule has 0 aliphatic rings. The highest BCUT2D eigenvalue weighted by molar-refractivity contribution is 9.10. The van der Waals surface area contributed by atoms with E-state index in [1.807, 2.05) is 0 Å². The zero-order chi connectivity index (χ0) is 14.3. The minimum atomic E-state index is -1.09. The van der Waals surface area contributed by atoms with Gasteiger partial charge in [-0.05, 0) is 52.3 Å². The monoisotopic (exact) mass is 334 g/mol. The van der Waals surface area contributed by atoms with E-state index >= 15 is 0 Å². The van der Waals surface area contributed by atoms with Crippen molar-refractivity contribution in [1.82, 2.24) is 9.38 Å². The predicted molar refractivity (Wildman–Crippen MR) is 75.2 cm³/mol. The van der Waals surface area contributed by atoms with Gasteiger partial charge in [0, 0.05) is 5.56 Å². The molecule has 0 radical (unpaired) electrons. The van der Waals surface area contributed by atoms with E-state index in [2.05, 4.69) is 20.9 Å². The molecule has 1 N–H and O–H groups in total. The maximum absolute atomic E-state index is 13.0. The summed E-state index contributed by atoms with van der Waals surface area (Å²) in [4.78, 5) is 15.9. The molecule has 0 bridgehead atoms. The number of imidazole rings is 1. The summed E-state index contributed by atoms with van der Waals surface area (Å²) in [7, 11) is 0. The van der Waals surface area contributed by atoms with Crippen LogP contribution in [0.1, 0.15) is 10.5 Å². The molecule has 0 aliphatic heterocycles. The molecule has 3 rings (SSSR count). The minimum Gasteiger partial charge on any atom is -0.476 e. The van der Waals surface area contributed by atoms with E-state index in [1.54, 1.807) is 18.2 Å². The number of hydrogen-bond donors (Lipinski definition) is 1. The molecule has 0 atom stereocenters. The summed E-state index contributed by atoms with van der Waals surface area (Å²) in [6, 6.07) is 10.8. The van der Waals surface area contributed by atoms with E-state index in [4.69, 9.17) is 0 Å². The molecule has 3 aromatic rings. The lowest BCUT2D eigenvalue weighted by molar-refractivity contribution is 0.0690. The number of pyridine rings is 1. The van der Waals surface area contributed by atoms with Crippen molar-refractivity contribution in [2.75, 3.05) is 0 Å². The van der Waals surface area contributed by atoms with Crippen LogP contribution in [0.5, 0.6) is 0 Å². The standard InChI is InChI=1S/C14H8BrFN2O2/c15-10-2-1-3-11-17-12(13(14(19)20)18(10)11)8-4-6-9(16)7-5-8/h1-7H,(H,19,20). The lowest BCUT2D eigenvalue weighted by atomic mass is 10.1. The van der Waals surface area contributed by atoms with Crippen LogP contribution in [0.2, 0.25) is 0 Å². The minimum absolute atomic E-state index is 0.0408. The van der Waals surface area contributed by atoms with E-state index in [0.29, 0.717) is 21.5 Å². The highest BCUT2D eigenvalue weighted by Gasteiger charge is 2.21. The molecule has 0 spiro atoms. The number of aromatic carboxylic acids is 1. The zero-order valence-corrected chi connectivity index (χ0v) is 11.6. The van der Waals surface area contributed by atoms with Crippen LogP contribution in [0.4, 0.5) is 4.39 Å². The maximum Gasteiger partial charge on any atom is 0.355 e. The smallest absolute Gasteiger partial charge is 0.355 e. The molecule has 2 aromatic heterocycles. The number of nitrogens with zero attached hydrogens (tertiary/aromatic N) is 2. The van der Waals surface area contributed by atoms with Crippen molar-refractivity contribution in [1.29, 1.82) is 0 Å². The Bertz CT molecular complexity index is 812. The summed E-state index contributed by atoms with van der Waals surface area (Å²) < 4.78 is 15.1. The zero-order valence-electron chi connectivity index (χ0n) is 10.0. The number of halogens is 2. The van der Waals surface area contributed by atoms with Gasteiger partial charge in [-0.15, -0.1) is 0 Å². The van der Waals surface area contributed by atoms with Gasteiger partial charge in [-0.2, -0.15) is 0 Å². The SMILES string of the molecule is O=C(O)c1c(-c2ccc(F)cc2)nc2cccc(Br)n12. The number of hydrogen-bond acceptors (Lipinski definition) is 2. The summed E-state index contributed by atoms with van der Waals surface area (Å²) in [5.74, 6) is -1.47. The lowest BCUT2D eigenvalue weighted by Gasteiger charge is -2.02. The number of fused-ring (bicyclic) bond motifs is 1. The number of rotatable bonds is 2. The van der Waals surface area contributed by atoms with Gasteiger partial charge in [-0.1, -0.05) is 6.07 Å². The summed E-state index contributed by atoms with van der Waals surface area (Å²) in [5, 5.41) is 9.44. The summed E-state index contributed by atoms with van der Waals surface area (Å²) >= 11 is 3.31. The first-order valence-corrected chi connectivity index (χ1v) is 6.53. The molecule has 0 saturated carbocycles. The van der Waals surface area contributed by atoms with Gasteiger partial charge < -0.3 is 5.11 Å². The molecule has 1 aromatic carbocycles. The third kappa shape index (κ3) is 1.98. The Labute approximate surface area is 121 Å². The third-order valence-electron chi connectivity index (χ3n) is 2.92. The van der Waals surface area contributed by atoms with Gasteiger partial charge in [0.2, 0.25) is 0 Å². The van der Waals surface area contributed by atoms with E-state index in [9.17, 15) is 14.3 Å². The van der Waals surface area contributed by atoms with Crippen molar-refractivity contribution in [3.8, 4) is 11.3 Å². The second kappa shape index (κ2) is 4.72. The van der Waals surface area contributed by atoms with Crippen molar-refractivity contribution in [3.05, 3.63) is 58.6 Å². The number of aromatic nitrogens is 2. The molecule has 4 nitrogen and oxygen atoms in total. The molecule has 6 heteroatoms. The molecular formula is C14H8BrFN2O2. The van der Waals surface area contributed by atoms with Crippen molar-refractivity contribution in [2.45, 2.75) is 0 Å². The number of benzene rings is 1. The van der Waals surface area contributed by atoms with Gasteiger partial charge in [0.25, 0.3) is 0 Å². The van der Waals surface area contributed by atoms with E-state index < -0.39 is 5.97 Å². The van der Waals surface area contributed by atoms with Gasteiger partial charge in [0.1, 0.15) is 17.2 Å². The van der Waals surface area contributed by atoms with Crippen LogP contribution in [-0.4, -0.2) is 20.5 Å². The summed E-state index contributed by atoms with van der Waals surface area (Å²) in [6.45, 7) is 0. The number of carboxylic acids is 1. The fourth-order valence-corrected chi connectivity index (χ4v) is 2.57. The van der Waals surface area contributed by atoms with Crippen molar-refractivity contribution >= 4 is 27.5 Å². The molecule has 0 unspecified atom stereocenters. The quantitative estimate of drug-likeness (QED) is 0.728. The van der Waals surface area contributed by atoms with Crippen molar-refractivity contribution in [3.63, 3.8) is 0 Å². The topological polar surface area (TPSA) is 54.6 Å². The Morgan fingerprint density at radius 1 is 1.20 bits per heavy atom. The Hall–Kier alpha value is -2.21. The van der Waals surface area contributed by atoms with Gasteiger partial charge in [0.05, 0.1) is 4.60 Å². The summed E-state index contributed by atoms with van der Waals surface area (Å²) in [6.07, 6.45) is 0. The van der Waals surface area contributed by atoms with Crippen LogP contribution in [0, 0.1) is 5.82 Å². The highest BCUT2D eigenvalue weighted by atomic mass is 79.9. The average Bonchev–Trinajstić information content (AvgIpc) is 2.80. The third-order valence-corrected chi connectivity index (χ3v) is 3.54. The first-order chi connectivity index (χ1) is 9.58. The molecule has 100 valence electrons. The first-order valence-electron chi connectivity index (χ1n) is 5.74. The molecule has 0 fully saturated rings. The van der Waals surface area contributed by atoms with Crippen molar-refractivity contribution in [2.24, 2.45) is 0 Å². The Kier molecular flexibility index (Phi) is 3.02. The summed E-state index contributed by atoms with van der Waals surface area (Å²) in [5.41, 5.74) is 1.42. The van der Waals surface area contributed by atoms with Crippen molar-refractivity contribution < 1.29 is 14.3 Å². The molecular weight excluding hydrogens is 327 g/mol. The van der Waals surface area contributed by atoms with Gasteiger partial charge in [0.15, 0.2) is 5.69 Å². The largest absolute Gasteiger partial charge is 0.476 e. The fourth-order valence-electron chi connectivity index (χ4n) is 2.06. The average molecular weight is 335 g/mol. The molecule has 0 amide bonds. The molecule has 0 saturated heterocycles. The molecule has 2 heterocycles. The maximum atomic E-state index is 13.0. The molecule has 0 aliphatic carbocycles. The normalized spacial score (nSPS) is 10.9. The second-order valence-corrected chi connectivity index (χ2v) is 4.98. The predicted octanol–water partition coefficient (Wildman–Crippen LogP) is 3.60. The van der Waals surface area contributed by atoms with Crippen LogP contribution in [0.25, 0.3) is 16.9 Å². The lowest BCUT2D eigenvalue weighted by Crippen LogP contribution is -2.04. The van der Waals surface area contributed by atoms with Gasteiger partial charge in [-0.3, -0.25) is 4.40 Å². The van der Waals surface area contributed by atoms with E-state index in [1.165, 1.54) is 28.7 Å². The van der Waals surface area contributed by atoms with Gasteiger partial charge in [-0.25, -0.2) is 14.2 Å². The van der Waals surface area contributed by atoms with Crippen LogP contribution < -0.4 is 0 Å². The highest BCUT2D eigenvalue weighted by Crippen LogP contribution is 2.27. The Balaban J connectivity index is 2.35. The number of carbonyl (C=O) groups is 1. The second-order valence-electron chi connectivity index (χ2n) is 4.16. The van der Waals surface area contributed by atoms with Crippen LogP contribution in [-0.2, 0) is 0 Å². The van der Waals surface area contributed by atoms with Crippen LogP contribution >= 0.6 is 15.9 Å². The first kappa shape index (κ1) is 12.8. The van der Waals surface area contributed by atoms with Gasteiger partial charge >= 0.3 is 5.97 Å². The fraction of sp³-hybridized carbons (Fsp3) is 0. The Morgan fingerprint density at radius 3 is 2.55 bits per heavy atom. The van der Waals surface area contributed by atoms with E-state index in [0.717, 1.165) is 0 Å². The van der Waals surface area contributed by atoms with Crippen LogP contribution in [0.3, 0.4) is 0 Å². The van der Waals surface area contributed by atoms with E-state index in [-0.39, 0.29) is 11.5 Å².